The van der Waals surface area contributed by atoms with Gasteiger partial charge >= 0.3 is 6.09 Å². The van der Waals surface area contributed by atoms with Gasteiger partial charge in [0.25, 0.3) is 10.0 Å². The van der Waals surface area contributed by atoms with E-state index in [4.69, 9.17) is 9.72 Å². The van der Waals surface area contributed by atoms with Crippen molar-refractivity contribution in [2.45, 2.75) is 70.7 Å². The number of aromatic nitrogens is 2. The molecule has 1 amide bonds. The first kappa shape index (κ1) is 28.4. The van der Waals surface area contributed by atoms with E-state index < -0.39 is 16.1 Å². The quantitative estimate of drug-likeness (QED) is 0.203. The number of rotatable bonds is 11. The molecule has 7 nitrogen and oxygen atoms in total. The van der Waals surface area contributed by atoms with Crippen LogP contribution in [-0.2, 0) is 27.7 Å². The minimum atomic E-state index is -4.13. The second kappa shape index (κ2) is 12.5. The second-order valence-corrected chi connectivity index (χ2v) is 11.7. The molecule has 1 aromatic heterocycles. The molecule has 39 heavy (non-hydrogen) atoms. The number of para-hydroxylation sites is 2. The molecule has 0 spiro atoms. The molecule has 0 unspecified atom stereocenters. The number of fused-ring (bicyclic) bond motifs is 1. The van der Waals surface area contributed by atoms with E-state index in [0.29, 0.717) is 18.5 Å². The van der Waals surface area contributed by atoms with Crippen molar-refractivity contribution in [1.29, 1.82) is 0 Å². The van der Waals surface area contributed by atoms with Gasteiger partial charge in [0.2, 0.25) is 0 Å². The molecule has 4 aromatic rings. The number of sulfonamides is 1. The van der Waals surface area contributed by atoms with Crippen LogP contribution in [0.5, 0.6) is 0 Å². The van der Waals surface area contributed by atoms with Gasteiger partial charge in [0.05, 0.1) is 22.5 Å². The number of aryl methyl sites for hydroxylation is 1. The molecule has 0 aliphatic rings. The number of amides is 1. The zero-order valence-corrected chi connectivity index (χ0v) is 23.9. The standard InChI is InChI=1S/C31H37N3O4S/c1-5-7-19-38-31(35)33-39(36,37)29-18-15-23(10-6-2)20-26(29)25-16-13-24(14-17-25)21-34-28-12-9-8-11-27(28)32-30(34)22(3)4/h8-9,11-18,20,22H,5-7,10,19,21H2,1-4H3,(H,33,35). The summed E-state index contributed by atoms with van der Waals surface area (Å²) in [6.07, 6.45) is 2.31. The number of hydrogen-bond donors (Lipinski definition) is 1. The van der Waals surface area contributed by atoms with Crippen LogP contribution in [0.2, 0.25) is 0 Å². The molecule has 3 aromatic carbocycles. The number of hydrogen-bond acceptors (Lipinski definition) is 5. The van der Waals surface area contributed by atoms with E-state index in [1.807, 2.05) is 55.5 Å². The molecule has 4 rings (SSSR count). The Balaban J connectivity index is 1.66. The number of benzene rings is 3. The van der Waals surface area contributed by atoms with Gasteiger partial charge in [0.15, 0.2) is 0 Å². The fourth-order valence-corrected chi connectivity index (χ4v) is 5.76. The molecule has 0 atom stereocenters. The van der Waals surface area contributed by atoms with Gasteiger partial charge in [-0.2, -0.15) is 0 Å². The Morgan fingerprint density at radius 3 is 2.38 bits per heavy atom. The summed E-state index contributed by atoms with van der Waals surface area (Å²) in [5.74, 6) is 1.30. The lowest BCUT2D eigenvalue weighted by Crippen LogP contribution is -2.31. The topological polar surface area (TPSA) is 90.3 Å². The van der Waals surface area contributed by atoms with Crippen LogP contribution in [0, 0.1) is 0 Å². The number of carbonyl (C=O) groups is 1. The largest absolute Gasteiger partial charge is 0.449 e. The van der Waals surface area contributed by atoms with Crippen molar-refractivity contribution < 1.29 is 17.9 Å². The summed E-state index contributed by atoms with van der Waals surface area (Å²) in [4.78, 5) is 17.1. The minimum absolute atomic E-state index is 0.0465. The lowest BCUT2D eigenvalue weighted by molar-refractivity contribution is 0.151. The molecule has 0 bridgehead atoms. The van der Waals surface area contributed by atoms with Crippen molar-refractivity contribution in [2.75, 3.05) is 6.61 Å². The SMILES string of the molecule is CCCCOC(=O)NS(=O)(=O)c1ccc(CCC)cc1-c1ccc(Cn2c(C(C)C)nc3ccccc32)cc1. The number of carbonyl (C=O) groups excluding carboxylic acids is 1. The van der Waals surface area contributed by atoms with Crippen molar-refractivity contribution in [3.05, 3.63) is 83.7 Å². The van der Waals surface area contributed by atoms with Crippen LogP contribution in [-0.4, -0.2) is 30.7 Å². The first-order valence-electron chi connectivity index (χ1n) is 13.6. The van der Waals surface area contributed by atoms with Gasteiger partial charge < -0.3 is 9.30 Å². The Labute approximate surface area is 231 Å². The maximum atomic E-state index is 13.2. The van der Waals surface area contributed by atoms with E-state index in [-0.39, 0.29) is 17.4 Å². The van der Waals surface area contributed by atoms with Gasteiger partial charge in [-0.15, -0.1) is 0 Å². The molecule has 1 heterocycles. The molecule has 8 heteroatoms. The number of unbranched alkanes of at least 4 members (excludes halogenated alkanes) is 1. The van der Waals surface area contributed by atoms with Crippen LogP contribution in [0.25, 0.3) is 22.2 Å². The molecule has 0 aliphatic carbocycles. The molecule has 0 saturated heterocycles. The van der Waals surface area contributed by atoms with Gasteiger partial charge in [0, 0.05) is 18.0 Å². The highest BCUT2D eigenvalue weighted by molar-refractivity contribution is 7.90. The van der Waals surface area contributed by atoms with Crippen LogP contribution < -0.4 is 4.72 Å². The molecule has 0 radical (unpaired) electrons. The van der Waals surface area contributed by atoms with E-state index in [0.717, 1.165) is 52.8 Å². The van der Waals surface area contributed by atoms with Crippen LogP contribution in [0.4, 0.5) is 4.79 Å². The fraction of sp³-hybridized carbons (Fsp3) is 0.355. The highest BCUT2D eigenvalue weighted by Gasteiger charge is 2.23. The lowest BCUT2D eigenvalue weighted by atomic mass is 10.00. The van der Waals surface area contributed by atoms with Crippen LogP contribution in [0.15, 0.2) is 71.6 Å². The predicted octanol–water partition coefficient (Wildman–Crippen LogP) is 7.04. The van der Waals surface area contributed by atoms with Crippen molar-refractivity contribution in [3.8, 4) is 11.1 Å². The zero-order chi connectivity index (χ0) is 28.0. The second-order valence-electron chi connectivity index (χ2n) is 10.1. The van der Waals surface area contributed by atoms with Crippen LogP contribution >= 0.6 is 0 Å². The summed E-state index contributed by atoms with van der Waals surface area (Å²) < 4.78 is 35.8. The van der Waals surface area contributed by atoms with Crippen molar-refractivity contribution in [1.82, 2.24) is 14.3 Å². The summed E-state index contributed by atoms with van der Waals surface area (Å²) in [6.45, 7) is 9.15. The summed E-state index contributed by atoms with van der Waals surface area (Å²) >= 11 is 0. The molecule has 1 N–H and O–H groups in total. The number of imidazole rings is 1. The monoisotopic (exact) mass is 547 g/mol. The average Bonchev–Trinajstić information content (AvgIpc) is 3.28. The zero-order valence-electron chi connectivity index (χ0n) is 23.1. The molecular weight excluding hydrogens is 510 g/mol. The maximum absolute atomic E-state index is 13.2. The van der Waals surface area contributed by atoms with E-state index in [1.165, 1.54) is 0 Å². The van der Waals surface area contributed by atoms with Gasteiger partial charge in [-0.25, -0.2) is 22.9 Å². The number of ether oxygens (including phenoxy) is 1. The molecule has 0 fully saturated rings. The predicted molar refractivity (Wildman–Crippen MR) is 155 cm³/mol. The highest BCUT2D eigenvalue weighted by atomic mass is 32.2. The third-order valence-corrected chi connectivity index (χ3v) is 8.00. The van der Waals surface area contributed by atoms with Gasteiger partial charge in [-0.05, 0) is 53.8 Å². The third-order valence-electron chi connectivity index (χ3n) is 6.63. The fourth-order valence-electron chi connectivity index (χ4n) is 4.66. The Hall–Kier alpha value is -3.65. The highest BCUT2D eigenvalue weighted by Crippen LogP contribution is 2.30. The Kier molecular flexibility index (Phi) is 9.07. The summed E-state index contributed by atoms with van der Waals surface area (Å²) in [7, 11) is -4.13. The summed E-state index contributed by atoms with van der Waals surface area (Å²) in [5.41, 5.74) is 5.49. The van der Waals surface area contributed by atoms with Gasteiger partial charge in [-0.1, -0.05) is 83.0 Å². The Morgan fingerprint density at radius 2 is 1.69 bits per heavy atom. The van der Waals surface area contributed by atoms with E-state index in [1.54, 1.807) is 12.1 Å². The van der Waals surface area contributed by atoms with E-state index >= 15 is 0 Å². The molecular formula is C31H37N3O4S. The normalized spacial score (nSPS) is 11.7. The van der Waals surface area contributed by atoms with Crippen molar-refractivity contribution >= 4 is 27.1 Å². The number of nitrogens with one attached hydrogen (secondary N) is 1. The van der Waals surface area contributed by atoms with Gasteiger partial charge in [-0.3, -0.25) is 0 Å². The van der Waals surface area contributed by atoms with Crippen molar-refractivity contribution in [2.24, 2.45) is 0 Å². The van der Waals surface area contributed by atoms with Crippen LogP contribution in [0.3, 0.4) is 0 Å². The smallest absolute Gasteiger partial charge is 0.421 e. The first-order valence-corrected chi connectivity index (χ1v) is 15.1. The average molecular weight is 548 g/mol. The number of nitrogens with zero attached hydrogens (tertiary/aromatic N) is 2. The maximum Gasteiger partial charge on any atom is 0.421 e. The van der Waals surface area contributed by atoms with Crippen molar-refractivity contribution in [3.63, 3.8) is 0 Å². The Morgan fingerprint density at radius 1 is 0.974 bits per heavy atom. The third kappa shape index (κ3) is 6.68. The van der Waals surface area contributed by atoms with Gasteiger partial charge in [0.1, 0.15) is 5.82 Å². The Bertz CT molecular complexity index is 1540. The molecule has 206 valence electrons. The minimum Gasteiger partial charge on any atom is -0.449 e. The molecule has 0 saturated carbocycles. The lowest BCUT2D eigenvalue weighted by Gasteiger charge is -2.15. The van der Waals surface area contributed by atoms with E-state index in [2.05, 4.69) is 36.1 Å². The summed E-state index contributed by atoms with van der Waals surface area (Å²) in [5, 5.41) is 0. The van der Waals surface area contributed by atoms with Crippen LogP contribution in [0.1, 0.15) is 69.8 Å². The summed E-state index contributed by atoms with van der Waals surface area (Å²) in [6, 6.07) is 21.3. The molecule has 0 aliphatic heterocycles. The van der Waals surface area contributed by atoms with E-state index in [9.17, 15) is 13.2 Å². The first-order chi connectivity index (χ1) is 18.7.